The first-order valence-corrected chi connectivity index (χ1v) is 10.7. The molecule has 5 nitrogen and oxygen atoms in total. The number of carbonyl (C=O) groups excluding carboxylic acids is 1. The van der Waals surface area contributed by atoms with E-state index < -0.39 is 0 Å². The third kappa shape index (κ3) is 5.48. The quantitative estimate of drug-likeness (QED) is 0.554. The van der Waals surface area contributed by atoms with Gasteiger partial charge in [-0.25, -0.2) is 0 Å². The minimum absolute atomic E-state index is 0.136. The standard InChI is InChI=1S/C23H35NO4/c1-26-13-14-27-16-18(9-12-23(22(24)25)10-2-3-11-23)17-28-21-8-7-19-5-4-6-20(19)15-21/h7-8,15,18H,2-6,9-14,16-17H2,1H3,(H2,24,25)/t18-/m0/s1. The molecule has 156 valence electrons. The van der Waals surface area contributed by atoms with Crippen LogP contribution in [0.3, 0.4) is 0 Å². The third-order valence-corrected chi connectivity index (χ3v) is 6.46. The van der Waals surface area contributed by atoms with E-state index in [-0.39, 0.29) is 17.2 Å². The molecule has 1 saturated carbocycles. The largest absolute Gasteiger partial charge is 0.493 e. The zero-order valence-corrected chi connectivity index (χ0v) is 17.2. The highest BCUT2D eigenvalue weighted by Gasteiger charge is 2.39. The van der Waals surface area contributed by atoms with Gasteiger partial charge in [0.2, 0.25) is 5.91 Å². The Morgan fingerprint density at radius 2 is 1.89 bits per heavy atom. The highest BCUT2D eigenvalue weighted by atomic mass is 16.5. The molecule has 28 heavy (non-hydrogen) atoms. The van der Waals surface area contributed by atoms with E-state index in [1.165, 1.54) is 24.0 Å². The number of aryl methyl sites for hydroxylation is 2. The summed E-state index contributed by atoms with van der Waals surface area (Å²) >= 11 is 0. The van der Waals surface area contributed by atoms with E-state index >= 15 is 0 Å². The second kappa shape index (κ2) is 10.3. The number of ether oxygens (including phenoxy) is 3. The van der Waals surface area contributed by atoms with Crippen molar-refractivity contribution in [3.8, 4) is 5.75 Å². The van der Waals surface area contributed by atoms with E-state index in [9.17, 15) is 4.79 Å². The molecule has 2 aliphatic carbocycles. The van der Waals surface area contributed by atoms with Crippen LogP contribution in [0, 0.1) is 11.3 Å². The number of primary amides is 1. The van der Waals surface area contributed by atoms with Gasteiger partial charge < -0.3 is 19.9 Å². The predicted molar refractivity (Wildman–Crippen MR) is 109 cm³/mol. The van der Waals surface area contributed by atoms with Crippen molar-refractivity contribution in [3.05, 3.63) is 29.3 Å². The molecule has 0 heterocycles. The van der Waals surface area contributed by atoms with E-state index in [0.717, 1.165) is 50.7 Å². The first-order chi connectivity index (χ1) is 13.6. The summed E-state index contributed by atoms with van der Waals surface area (Å²) in [5.74, 6) is 1.04. The van der Waals surface area contributed by atoms with Crippen LogP contribution >= 0.6 is 0 Å². The van der Waals surface area contributed by atoms with Gasteiger partial charge in [0.15, 0.2) is 0 Å². The number of amides is 1. The molecule has 1 aromatic carbocycles. The van der Waals surface area contributed by atoms with Crippen LogP contribution in [0.4, 0.5) is 0 Å². The van der Waals surface area contributed by atoms with E-state index in [2.05, 4.69) is 18.2 Å². The number of hydrogen-bond donors (Lipinski definition) is 1. The summed E-state index contributed by atoms with van der Waals surface area (Å²) in [5, 5.41) is 0. The van der Waals surface area contributed by atoms with Crippen LogP contribution in [0.5, 0.6) is 5.75 Å². The molecular formula is C23H35NO4. The molecule has 1 atom stereocenters. The van der Waals surface area contributed by atoms with Crippen LogP contribution in [-0.2, 0) is 27.1 Å². The molecule has 0 radical (unpaired) electrons. The molecule has 1 amide bonds. The van der Waals surface area contributed by atoms with E-state index in [1.807, 2.05) is 0 Å². The minimum atomic E-state index is -0.321. The van der Waals surface area contributed by atoms with Gasteiger partial charge in [0.05, 0.1) is 26.4 Å². The molecule has 0 saturated heterocycles. The monoisotopic (exact) mass is 389 g/mol. The Hall–Kier alpha value is -1.59. The number of methoxy groups -OCH3 is 1. The maximum Gasteiger partial charge on any atom is 0.223 e. The highest BCUT2D eigenvalue weighted by molar-refractivity contribution is 5.81. The summed E-state index contributed by atoms with van der Waals surface area (Å²) < 4.78 is 17.0. The number of rotatable bonds is 12. The second-order valence-electron chi connectivity index (χ2n) is 8.42. The summed E-state index contributed by atoms with van der Waals surface area (Å²) in [6.07, 6.45) is 9.33. The minimum Gasteiger partial charge on any atom is -0.493 e. The Morgan fingerprint density at radius 3 is 2.64 bits per heavy atom. The summed E-state index contributed by atoms with van der Waals surface area (Å²) in [6.45, 7) is 2.38. The molecule has 0 aromatic heterocycles. The van der Waals surface area contributed by atoms with Crippen LogP contribution in [-0.4, -0.2) is 39.4 Å². The Kier molecular flexibility index (Phi) is 7.74. The van der Waals surface area contributed by atoms with E-state index in [1.54, 1.807) is 7.11 Å². The van der Waals surface area contributed by atoms with E-state index in [0.29, 0.717) is 26.4 Å². The molecule has 3 rings (SSSR count). The van der Waals surface area contributed by atoms with Crippen LogP contribution < -0.4 is 10.5 Å². The fourth-order valence-electron chi connectivity index (χ4n) is 4.61. The number of hydrogen-bond acceptors (Lipinski definition) is 4. The second-order valence-corrected chi connectivity index (χ2v) is 8.42. The molecule has 0 unspecified atom stereocenters. The number of carbonyl (C=O) groups is 1. The molecule has 5 heteroatoms. The van der Waals surface area contributed by atoms with Gasteiger partial charge in [0.25, 0.3) is 0 Å². The summed E-state index contributed by atoms with van der Waals surface area (Å²) in [4.78, 5) is 12.1. The molecule has 1 aromatic rings. The summed E-state index contributed by atoms with van der Waals surface area (Å²) in [7, 11) is 1.68. The lowest BCUT2D eigenvalue weighted by Crippen LogP contribution is -2.35. The van der Waals surface area contributed by atoms with Crippen molar-refractivity contribution in [1.29, 1.82) is 0 Å². The molecule has 0 spiro atoms. The predicted octanol–water partition coefficient (Wildman–Crippen LogP) is 3.66. The van der Waals surface area contributed by atoms with Crippen molar-refractivity contribution in [2.24, 2.45) is 17.1 Å². The first-order valence-electron chi connectivity index (χ1n) is 10.7. The lowest BCUT2D eigenvalue weighted by atomic mass is 9.79. The van der Waals surface area contributed by atoms with Gasteiger partial charge in [-0.05, 0) is 68.2 Å². The Labute approximate surface area is 168 Å². The van der Waals surface area contributed by atoms with Crippen LogP contribution in [0.25, 0.3) is 0 Å². The topological polar surface area (TPSA) is 70.8 Å². The average Bonchev–Trinajstić information content (AvgIpc) is 3.36. The Balaban J connectivity index is 1.55. The molecule has 0 bridgehead atoms. The fraction of sp³-hybridized carbons (Fsp3) is 0.696. The van der Waals surface area contributed by atoms with Gasteiger partial charge in [-0.1, -0.05) is 18.9 Å². The zero-order valence-electron chi connectivity index (χ0n) is 17.2. The maximum absolute atomic E-state index is 12.1. The SMILES string of the molecule is COCCOC[C@H](CCC1(C(N)=O)CCCC1)COc1ccc2c(c1)CCC2. The first kappa shape index (κ1) is 21.1. The van der Waals surface area contributed by atoms with Crippen molar-refractivity contribution in [1.82, 2.24) is 0 Å². The van der Waals surface area contributed by atoms with E-state index in [4.69, 9.17) is 19.9 Å². The average molecular weight is 390 g/mol. The van der Waals surface area contributed by atoms with Crippen molar-refractivity contribution >= 4 is 5.91 Å². The van der Waals surface area contributed by atoms with Crippen molar-refractivity contribution in [3.63, 3.8) is 0 Å². The van der Waals surface area contributed by atoms with Crippen LogP contribution in [0.1, 0.15) is 56.1 Å². The van der Waals surface area contributed by atoms with Gasteiger partial charge in [0.1, 0.15) is 5.75 Å². The Bertz CT molecular complexity index is 639. The molecule has 1 fully saturated rings. The third-order valence-electron chi connectivity index (χ3n) is 6.46. The van der Waals surface area contributed by atoms with Crippen molar-refractivity contribution < 1.29 is 19.0 Å². The fourth-order valence-corrected chi connectivity index (χ4v) is 4.61. The summed E-state index contributed by atoms with van der Waals surface area (Å²) in [5.41, 5.74) is 8.31. The Morgan fingerprint density at radius 1 is 1.11 bits per heavy atom. The molecular weight excluding hydrogens is 354 g/mol. The van der Waals surface area contributed by atoms with Crippen LogP contribution in [0.2, 0.25) is 0 Å². The lowest BCUT2D eigenvalue weighted by Gasteiger charge is -2.27. The lowest BCUT2D eigenvalue weighted by molar-refractivity contribution is -0.128. The van der Waals surface area contributed by atoms with Gasteiger partial charge >= 0.3 is 0 Å². The zero-order chi connectivity index (χ0) is 19.8. The van der Waals surface area contributed by atoms with Gasteiger partial charge in [-0.3, -0.25) is 4.79 Å². The van der Waals surface area contributed by atoms with Gasteiger partial charge in [-0.2, -0.15) is 0 Å². The maximum atomic E-state index is 12.1. The van der Waals surface area contributed by atoms with Crippen molar-refractivity contribution in [2.75, 3.05) is 33.5 Å². The van der Waals surface area contributed by atoms with Gasteiger partial charge in [0, 0.05) is 18.4 Å². The number of nitrogens with two attached hydrogens (primary N) is 1. The molecule has 0 aliphatic heterocycles. The molecule has 2 aliphatic rings. The van der Waals surface area contributed by atoms with Crippen molar-refractivity contribution in [2.45, 2.75) is 57.8 Å². The normalized spacial score (nSPS) is 18.8. The molecule has 2 N–H and O–H groups in total. The van der Waals surface area contributed by atoms with Crippen LogP contribution in [0.15, 0.2) is 18.2 Å². The van der Waals surface area contributed by atoms with Gasteiger partial charge in [-0.15, -0.1) is 0 Å². The number of fused-ring (bicyclic) bond motifs is 1. The summed E-state index contributed by atoms with van der Waals surface area (Å²) in [6, 6.07) is 6.46. The smallest absolute Gasteiger partial charge is 0.223 e. The number of benzene rings is 1. The highest BCUT2D eigenvalue weighted by Crippen LogP contribution is 2.42.